The second kappa shape index (κ2) is 4.10. The van der Waals surface area contributed by atoms with Gasteiger partial charge in [-0.25, -0.2) is 4.98 Å². The third kappa shape index (κ3) is 1.67. The summed E-state index contributed by atoms with van der Waals surface area (Å²) >= 11 is 3.45. The van der Waals surface area contributed by atoms with Gasteiger partial charge in [0, 0.05) is 23.3 Å². The summed E-state index contributed by atoms with van der Waals surface area (Å²) in [6.45, 7) is 0. The van der Waals surface area contributed by atoms with Gasteiger partial charge in [-0.3, -0.25) is 4.98 Å². The highest BCUT2D eigenvalue weighted by atomic mass is 79.9. The van der Waals surface area contributed by atoms with Crippen LogP contribution in [-0.4, -0.2) is 14.5 Å². The lowest BCUT2D eigenvalue weighted by Crippen LogP contribution is -1.97. The normalized spacial score (nSPS) is 11.0. The Bertz CT molecular complexity index is 733. The van der Waals surface area contributed by atoms with Gasteiger partial charge in [0.2, 0.25) is 0 Å². The molecule has 0 unspecified atom stereocenters. The molecule has 3 aromatic rings. The van der Waals surface area contributed by atoms with E-state index in [-0.39, 0.29) is 0 Å². The Hall–Kier alpha value is -1.88. The summed E-state index contributed by atoms with van der Waals surface area (Å²) < 4.78 is 3.05. The summed E-state index contributed by atoms with van der Waals surface area (Å²) in [5, 5.41) is 0. The Morgan fingerprint density at radius 3 is 2.89 bits per heavy atom. The number of aromatic nitrogens is 3. The van der Waals surface area contributed by atoms with E-state index >= 15 is 0 Å². The molecule has 4 nitrogen and oxygen atoms in total. The predicted octanol–water partition coefficient (Wildman–Crippen LogP) is 2.98. The molecular weight excluding hydrogens is 292 g/mol. The molecule has 0 aliphatic carbocycles. The van der Waals surface area contributed by atoms with E-state index in [1.54, 1.807) is 12.4 Å². The maximum atomic E-state index is 5.95. The molecule has 2 N–H and O–H groups in total. The van der Waals surface area contributed by atoms with Gasteiger partial charge in [0.1, 0.15) is 5.82 Å². The largest absolute Gasteiger partial charge is 0.397 e. The van der Waals surface area contributed by atoms with Gasteiger partial charge in [-0.1, -0.05) is 15.9 Å². The SMILES string of the molecule is Cn1c(-c2ccncc2N)nc2cc(Br)ccc21. The number of pyridine rings is 1. The fourth-order valence-corrected chi connectivity index (χ4v) is 2.37. The molecular formula is C13H11BrN4. The number of halogens is 1. The van der Waals surface area contributed by atoms with Crippen LogP contribution in [0.4, 0.5) is 5.69 Å². The molecule has 2 heterocycles. The number of hydrogen-bond donors (Lipinski definition) is 1. The van der Waals surface area contributed by atoms with Gasteiger partial charge in [-0.15, -0.1) is 0 Å². The Labute approximate surface area is 113 Å². The second-order valence-corrected chi connectivity index (χ2v) is 5.01. The van der Waals surface area contributed by atoms with Crippen molar-refractivity contribution in [3.8, 4) is 11.4 Å². The highest BCUT2D eigenvalue weighted by Crippen LogP contribution is 2.28. The molecule has 0 radical (unpaired) electrons. The smallest absolute Gasteiger partial charge is 0.143 e. The van der Waals surface area contributed by atoms with Gasteiger partial charge in [0.05, 0.1) is 22.9 Å². The minimum absolute atomic E-state index is 0.634. The zero-order valence-corrected chi connectivity index (χ0v) is 11.3. The van der Waals surface area contributed by atoms with Crippen molar-refractivity contribution >= 4 is 32.7 Å². The minimum Gasteiger partial charge on any atom is -0.397 e. The average molecular weight is 303 g/mol. The van der Waals surface area contributed by atoms with Crippen LogP contribution < -0.4 is 5.73 Å². The maximum Gasteiger partial charge on any atom is 0.143 e. The minimum atomic E-state index is 0.634. The Morgan fingerprint density at radius 2 is 2.11 bits per heavy atom. The molecule has 90 valence electrons. The molecule has 0 aliphatic rings. The molecule has 0 atom stereocenters. The monoisotopic (exact) mass is 302 g/mol. The van der Waals surface area contributed by atoms with E-state index < -0.39 is 0 Å². The molecule has 0 amide bonds. The van der Waals surface area contributed by atoms with Crippen LogP contribution in [0.15, 0.2) is 41.1 Å². The molecule has 0 saturated carbocycles. The van der Waals surface area contributed by atoms with E-state index in [9.17, 15) is 0 Å². The maximum absolute atomic E-state index is 5.95. The topological polar surface area (TPSA) is 56.7 Å². The first-order chi connectivity index (χ1) is 8.66. The third-order valence-electron chi connectivity index (χ3n) is 2.94. The van der Waals surface area contributed by atoms with Crippen LogP contribution in [0.2, 0.25) is 0 Å². The Balaban J connectivity index is 2.31. The molecule has 1 aromatic carbocycles. The van der Waals surface area contributed by atoms with Crippen LogP contribution in [-0.2, 0) is 7.05 Å². The predicted molar refractivity (Wildman–Crippen MR) is 76.1 cm³/mol. The van der Waals surface area contributed by atoms with Crippen LogP contribution >= 0.6 is 15.9 Å². The van der Waals surface area contributed by atoms with Crippen LogP contribution in [0.3, 0.4) is 0 Å². The van der Waals surface area contributed by atoms with Gasteiger partial charge < -0.3 is 10.3 Å². The molecule has 0 saturated heterocycles. The van der Waals surface area contributed by atoms with Crippen LogP contribution in [0.5, 0.6) is 0 Å². The average Bonchev–Trinajstić information content (AvgIpc) is 2.67. The summed E-state index contributed by atoms with van der Waals surface area (Å²) in [5.41, 5.74) is 9.50. The number of anilines is 1. The van der Waals surface area contributed by atoms with Crippen molar-refractivity contribution in [1.29, 1.82) is 0 Å². The van der Waals surface area contributed by atoms with Gasteiger partial charge in [0.15, 0.2) is 0 Å². The van der Waals surface area contributed by atoms with Gasteiger partial charge in [0.25, 0.3) is 0 Å². The first kappa shape index (κ1) is 11.2. The fourth-order valence-electron chi connectivity index (χ4n) is 2.02. The van der Waals surface area contributed by atoms with E-state index in [1.165, 1.54) is 0 Å². The standard InChI is InChI=1S/C13H11BrN4/c1-18-12-3-2-8(14)6-11(12)17-13(18)9-4-5-16-7-10(9)15/h2-7H,15H2,1H3. The summed E-state index contributed by atoms with van der Waals surface area (Å²) in [5.74, 6) is 0.850. The number of nitrogens with zero attached hydrogens (tertiary/aromatic N) is 3. The number of fused-ring (bicyclic) bond motifs is 1. The Kier molecular flexibility index (Phi) is 2.56. The lowest BCUT2D eigenvalue weighted by molar-refractivity contribution is 0.959. The Morgan fingerprint density at radius 1 is 1.28 bits per heavy atom. The summed E-state index contributed by atoms with van der Waals surface area (Å²) in [6, 6.07) is 7.92. The highest BCUT2D eigenvalue weighted by molar-refractivity contribution is 9.10. The van der Waals surface area contributed by atoms with Crippen molar-refractivity contribution in [2.24, 2.45) is 7.05 Å². The summed E-state index contributed by atoms with van der Waals surface area (Å²) in [4.78, 5) is 8.63. The van der Waals surface area contributed by atoms with E-state index in [1.807, 2.05) is 35.9 Å². The van der Waals surface area contributed by atoms with Gasteiger partial charge in [-0.05, 0) is 24.3 Å². The number of benzene rings is 1. The third-order valence-corrected chi connectivity index (χ3v) is 3.43. The number of nitrogen functional groups attached to an aromatic ring is 1. The molecule has 0 spiro atoms. The second-order valence-electron chi connectivity index (χ2n) is 4.09. The van der Waals surface area contributed by atoms with Crippen molar-refractivity contribution in [2.45, 2.75) is 0 Å². The summed E-state index contributed by atoms with van der Waals surface area (Å²) in [6.07, 6.45) is 3.37. The highest BCUT2D eigenvalue weighted by Gasteiger charge is 2.12. The van der Waals surface area contributed by atoms with Crippen molar-refractivity contribution in [2.75, 3.05) is 5.73 Å². The van der Waals surface area contributed by atoms with Gasteiger partial charge in [-0.2, -0.15) is 0 Å². The lowest BCUT2D eigenvalue weighted by atomic mass is 10.2. The number of rotatable bonds is 1. The fraction of sp³-hybridized carbons (Fsp3) is 0.0769. The van der Waals surface area contributed by atoms with E-state index in [0.717, 1.165) is 26.9 Å². The van der Waals surface area contributed by atoms with Gasteiger partial charge >= 0.3 is 0 Å². The molecule has 0 fully saturated rings. The molecule has 0 bridgehead atoms. The number of hydrogen-bond acceptors (Lipinski definition) is 3. The molecule has 0 aliphatic heterocycles. The quantitative estimate of drug-likeness (QED) is 0.752. The first-order valence-electron chi connectivity index (χ1n) is 5.48. The van der Waals surface area contributed by atoms with Crippen molar-refractivity contribution < 1.29 is 0 Å². The van der Waals surface area contributed by atoms with Crippen LogP contribution in [0, 0.1) is 0 Å². The van der Waals surface area contributed by atoms with E-state index in [4.69, 9.17) is 5.73 Å². The van der Waals surface area contributed by atoms with Crippen LogP contribution in [0.25, 0.3) is 22.4 Å². The van der Waals surface area contributed by atoms with E-state index in [2.05, 4.69) is 25.9 Å². The van der Waals surface area contributed by atoms with Crippen LogP contribution in [0.1, 0.15) is 0 Å². The van der Waals surface area contributed by atoms with Crippen molar-refractivity contribution in [1.82, 2.24) is 14.5 Å². The zero-order valence-electron chi connectivity index (χ0n) is 9.76. The first-order valence-corrected chi connectivity index (χ1v) is 6.28. The molecule has 18 heavy (non-hydrogen) atoms. The summed E-state index contributed by atoms with van der Waals surface area (Å²) in [7, 11) is 1.98. The lowest BCUT2D eigenvalue weighted by Gasteiger charge is -2.04. The van der Waals surface area contributed by atoms with Crippen molar-refractivity contribution in [3.63, 3.8) is 0 Å². The van der Waals surface area contributed by atoms with E-state index in [0.29, 0.717) is 5.69 Å². The molecule has 3 rings (SSSR count). The van der Waals surface area contributed by atoms with Crippen molar-refractivity contribution in [3.05, 3.63) is 41.1 Å². The molecule has 5 heteroatoms. The number of aryl methyl sites for hydroxylation is 1. The number of imidazole rings is 1. The molecule has 2 aromatic heterocycles. The number of nitrogens with two attached hydrogens (primary N) is 1. The zero-order chi connectivity index (χ0) is 12.7.